The highest BCUT2D eigenvalue weighted by Gasteiger charge is 2.13. The summed E-state index contributed by atoms with van der Waals surface area (Å²) in [5, 5.41) is 4.43. The van der Waals surface area contributed by atoms with Gasteiger partial charge >= 0.3 is 5.97 Å². The molecule has 0 spiro atoms. The number of rotatable bonds is 3. The molecule has 6 heteroatoms. The van der Waals surface area contributed by atoms with Crippen LogP contribution in [0.15, 0.2) is 30.5 Å². The lowest BCUT2D eigenvalue weighted by Crippen LogP contribution is -2.09. The lowest BCUT2D eigenvalue weighted by atomic mass is 10.2. The highest BCUT2D eigenvalue weighted by atomic mass is 35.5. The minimum atomic E-state index is -0.513. The topological polar surface area (TPSA) is 70.1 Å². The Morgan fingerprint density at radius 2 is 2.28 bits per heavy atom. The molecule has 0 radical (unpaired) electrons. The van der Waals surface area contributed by atoms with E-state index < -0.39 is 5.97 Å². The summed E-state index contributed by atoms with van der Waals surface area (Å²) in [6, 6.07) is 6.61. The standard InChI is InChI=1S/C12H12ClN3O2/c1-16-6-5-8(15-16)7-18-12(17)9-3-2-4-10(13)11(9)14/h2-6H,7,14H2,1H3. The average Bonchev–Trinajstić information content (AvgIpc) is 2.76. The number of carbonyl (C=O) groups is 1. The Morgan fingerprint density at radius 3 is 2.94 bits per heavy atom. The van der Waals surface area contributed by atoms with Crippen LogP contribution in [0.3, 0.4) is 0 Å². The fourth-order valence-electron chi connectivity index (χ4n) is 1.47. The first kappa shape index (κ1) is 12.4. The number of carbonyl (C=O) groups excluding carboxylic acids is 1. The van der Waals surface area contributed by atoms with Gasteiger partial charge in [0, 0.05) is 13.2 Å². The van der Waals surface area contributed by atoms with Crippen molar-refractivity contribution in [2.45, 2.75) is 6.61 Å². The zero-order valence-corrected chi connectivity index (χ0v) is 10.5. The van der Waals surface area contributed by atoms with E-state index >= 15 is 0 Å². The molecule has 0 saturated carbocycles. The van der Waals surface area contributed by atoms with Crippen LogP contribution in [0.1, 0.15) is 16.1 Å². The number of aryl methyl sites for hydroxylation is 1. The quantitative estimate of drug-likeness (QED) is 0.681. The third kappa shape index (κ3) is 2.62. The molecule has 2 rings (SSSR count). The van der Waals surface area contributed by atoms with Crippen molar-refractivity contribution < 1.29 is 9.53 Å². The predicted molar refractivity (Wildman–Crippen MR) is 68.2 cm³/mol. The van der Waals surface area contributed by atoms with Crippen LogP contribution in [-0.2, 0) is 18.4 Å². The summed E-state index contributed by atoms with van der Waals surface area (Å²) in [5.41, 5.74) is 6.87. The molecule has 0 bridgehead atoms. The second-order valence-corrected chi connectivity index (χ2v) is 4.17. The van der Waals surface area contributed by atoms with Crippen LogP contribution in [0.4, 0.5) is 5.69 Å². The summed E-state index contributed by atoms with van der Waals surface area (Å²) >= 11 is 5.83. The van der Waals surface area contributed by atoms with Gasteiger partial charge in [-0.2, -0.15) is 5.10 Å². The Bertz CT molecular complexity index is 580. The molecule has 0 unspecified atom stereocenters. The molecular formula is C12H12ClN3O2. The van der Waals surface area contributed by atoms with Crippen LogP contribution < -0.4 is 5.73 Å². The van der Waals surface area contributed by atoms with Crippen molar-refractivity contribution in [3.8, 4) is 0 Å². The van der Waals surface area contributed by atoms with Crippen LogP contribution in [0, 0.1) is 0 Å². The normalized spacial score (nSPS) is 10.3. The number of nitrogen functional groups attached to an aromatic ring is 1. The minimum Gasteiger partial charge on any atom is -0.455 e. The number of aromatic nitrogens is 2. The second-order valence-electron chi connectivity index (χ2n) is 3.76. The number of anilines is 1. The fraction of sp³-hybridized carbons (Fsp3) is 0.167. The molecule has 0 atom stereocenters. The zero-order chi connectivity index (χ0) is 13.1. The molecule has 0 aliphatic rings. The lowest BCUT2D eigenvalue weighted by Gasteiger charge is -2.06. The molecule has 0 aliphatic carbocycles. The van der Waals surface area contributed by atoms with Gasteiger partial charge in [0.2, 0.25) is 0 Å². The summed E-state index contributed by atoms with van der Waals surface area (Å²) in [7, 11) is 1.79. The summed E-state index contributed by atoms with van der Waals surface area (Å²) in [4.78, 5) is 11.8. The molecule has 1 aromatic heterocycles. The molecule has 0 aliphatic heterocycles. The van der Waals surface area contributed by atoms with E-state index in [1.54, 1.807) is 42.2 Å². The van der Waals surface area contributed by atoms with E-state index in [-0.39, 0.29) is 17.9 Å². The van der Waals surface area contributed by atoms with Crippen molar-refractivity contribution in [1.29, 1.82) is 0 Å². The molecule has 2 N–H and O–H groups in total. The minimum absolute atomic E-state index is 0.103. The first-order valence-electron chi connectivity index (χ1n) is 5.27. The van der Waals surface area contributed by atoms with Gasteiger partial charge in [-0.05, 0) is 18.2 Å². The summed E-state index contributed by atoms with van der Waals surface area (Å²) in [6.07, 6.45) is 1.77. The van der Waals surface area contributed by atoms with E-state index in [0.29, 0.717) is 10.7 Å². The number of halogens is 1. The number of ether oxygens (including phenoxy) is 1. The first-order valence-corrected chi connectivity index (χ1v) is 5.65. The first-order chi connectivity index (χ1) is 8.58. The number of nitrogens with two attached hydrogens (primary N) is 1. The third-order valence-electron chi connectivity index (χ3n) is 2.39. The van der Waals surface area contributed by atoms with Crippen LogP contribution in [0.2, 0.25) is 5.02 Å². The number of nitrogens with zero attached hydrogens (tertiary/aromatic N) is 2. The monoisotopic (exact) mass is 265 g/mol. The zero-order valence-electron chi connectivity index (χ0n) is 9.76. The molecular weight excluding hydrogens is 254 g/mol. The summed E-state index contributed by atoms with van der Waals surface area (Å²) in [5.74, 6) is -0.513. The molecule has 5 nitrogen and oxygen atoms in total. The van der Waals surface area contributed by atoms with Crippen molar-refractivity contribution in [2.75, 3.05) is 5.73 Å². The maximum Gasteiger partial charge on any atom is 0.340 e. The Morgan fingerprint density at radius 1 is 1.50 bits per heavy atom. The Labute approximate surface area is 109 Å². The maximum atomic E-state index is 11.8. The van der Waals surface area contributed by atoms with E-state index in [9.17, 15) is 4.79 Å². The van der Waals surface area contributed by atoms with Crippen molar-refractivity contribution in [1.82, 2.24) is 9.78 Å². The van der Waals surface area contributed by atoms with Gasteiger partial charge in [0.15, 0.2) is 0 Å². The van der Waals surface area contributed by atoms with Crippen molar-refractivity contribution in [3.63, 3.8) is 0 Å². The number of para-hydroxylation sites is 1. The smallest absolute Gasteiger partial charge is 0.340 e. The average molecular weight is 266 g/mol. The maximum absolute atomic E-state index is 11.8. The Balaban J connectivity index is 2.06. The van der Waals surface area contributed by atoms with Crippen LogP contribution in [0.25, 0.3) is 0 Å². The van der Waals surface area contributed by atoms with Gasteiger partial charge in [0.05, 0.1) is 22.0 Å². The number of benzene rings is 1. The van der Waals surface area contributed by atoms with Crippen LogP contribution in [0.5, 0.6) is 0 Å². The Hall–Kier alpha value is -2.01. The Kier molecular flexibility index (Phi) is 3.53. The molecule has 0 amide bonds. The van der Waals surface area contributed by atoms with E-state index in [4.69, 9.17) is 22.1 Å². The van der Waals surface area contributed by atoms with Gasteiger partial charge < -0.3 is 10.5 Å². The molecule has 0 saturated heterocycles. The predicted octanol–water partition coefficient (Wildman–Crippen LogP) is 2.01. The van der Waals surface area contributed by atoms with Gasteiger partial charge in [0.1, 0.15) is 6.61 Å². The van der Waals surface area contributed by atoms with E-state index in [0.717, 1.165) is 0 Å². The fourth-order valence-corrected chi connectivity index (χ4v) is 1.65. The van der Waals surface area contributed by atoms with E-state index in [2.05, 4.69) is 5.10 Å². The van der Waals surface area contributed by atoms with Gasteiger partial charge in [-0.3, -0.25) is 4.68 Å². The molecule has 1 aromatic carbocycles. The number of esters is 1. The lowest BCUT2D eigenvalue weighted by molar-refractivity contribution is 0.0468. The van der Waals surface area contributed by atoms with Crippen molar-refractivity contribution in [3.05, 3.63) is 46.7 Å². The summed E-state index contributed by atoms with van der Waals surface area (Å²) in [6.45, 7) is 0.103. The van der Waals surface area contributed by atoms with Gasteiger partial charge in [0.25, 0.3) is 0 Å². The number of hydrogen-bond donors (Lipinski definition) is 1. The molecule has 2 aromatic rings. The highest BCUT2D eigenvalue weighted by molar-refractivity contribution is 6.33. The van der Waals surface area contributed by atoms with Crippen LogP contribution in [-0.4, -0.2) is 15.7 Å². The van der Waals surface area contributed by atoms with Crippen molar-refractivity contribution in [2.24, 2.45) is 7.05 Å². The van der Waals surface area contributed by atoms with E-state index in [1.807, 2.05) is 0 Å². The van der Waals surface area contributed by atoms with Gasteiger partial charge in [-0.1, -0.05) is 17.7 Å². The molecule has 18 heavy (non-hydrogen) atoms. The molecule has 1 heterocycles. The van der Waals surface area contributed by atoms with Gasteiger partial charge in [-0.25, -0.2) is 4.79 Å². The SMILES string of the molecule is Cn1ccc(COC(=O)c2cccc(Cl)c2N)n1. The van der Waals surface area contributed by atoms with Crippen LogP contribution >= 0.6 is 11.6 Å². The van der Waals surface area contributed by atoms with Gasteiger partial charge in [-0.15, -0.1) is 0 Å². The third-order valence-corrected chi connectivity index (χ3v) is 2.72. The second kappa shape index (κ2) is 5.10. The highest BCUT2D eigenvalue weighted by Crippen LogP contribution is 2.23. The summed E-state index contributed by atoms with van der Waals surface area (Å²) < 4.78 is 6.75. The van der Waals surface area contributed by atoms with Crippen molar-refractivity contribution >= 4 is 23.3 Å². The number of hydrogen-bond acceptors (Lipinski definition) is 4. The van der Waals surface area contributed by atoms with E-state index in [1.165, 1.54) is 0 Å². The molecule has 0 fully saturated rings. The molecule has 94 valence electrons. The largest absolute Gasteiger partial charge is 0.455 e.